The molecule has 0 heterocycles. The van der Waals surface area contributed by atoms with Gasteiger partial charge in [-0.2, -0.15) is 13.2 Å². The summed E-state index contributed by atoms with van der Waals surface area (Å²) in [6.07, 6.45) is 8.94. The van der Waals surface area contributed by atoms with Crippen LogP contribution in [-0.4, -0.2) is 19.9 Å². The average Bonchev–Trinajstić information content (AvgIpc) is 2.64. The van der Waals surface area contributed by atoms with Gasteiger partial charge in [0.25, 0.3) is 0 Å². The van der Waals surface area contributed by atoms with E-state index < -0.39 is 12.6 Å². The fourth-order valence-electron chi connectivity index (χ4n) is 5.82. The molecule has 2 saturated carbocycles. The highest BCUT2D eigenvalue weighted by Gasteiger charge is 2.33. The van der Waals surface area contributed by atoms with Crippen molar-refractivity contribution >= 4 is 0 Å². The number of rotatable bonds is 10. The summed E-state index contributed by atoms with van der Waals surface area (Å²) >= 11 is 0. The van der Waals surface area contributed by atoms with Gasteiger partial charge in [-0.3, -0.25) is 0 Å². The van der Waals surface area contributed by atoms with Crippen LogP contribution in [0.15, 0.2) is 12.2 Å². The lowest BCUT2D eigenvalue weighted by atomic mass is 9.66. The number of hydrogen-bond donors (Lipinski definition) is 0. The van der Waals surface area contributed by atoms with E-state index in [1.807, 2.05) is 0 Å². The van der Waals surface area contributed by atoms with Gasteiger partial charge in [0, 0.05) is 20.1 Å². The Hall–Kier alpha value is -0.510. The zero-order valence-corrected chi connectivity index (χ0v) is 18.0. The van der Waals surface area contributed by atoms with Crippen LogP contribution in [0.5, 0.6) is 0 Å². The lowest BCUT2D eigenvalue weighted by Gasteiger charge is -2.40. The summed E-state index contributed by atoms with van der Waals surface area (Å²) in [6, 6.07) is 0. The van der Waals surface area contributed by atoms with Gasteiger partial charge in [-0.15, -0.1) is 6.58 Å². The first-order valence-corrected chi connectivity index (χ1v) is 11.5. The molecule has 0 aromatic carbocycles. The summed E-state index contributed by atoms with van der Waals surface area (Å²) in [5, 5.41) is 0. The summed E-state index contributed by atoms with van der Waals surface area (Å²) in [6.45, 7) is 7.06. The lowest BCUT2D eigenvalue weighted by Crippen LogP contribution is -2.29. The van der Waals surface area contributed by atoms with Crippen LogP contribution >= 0.6 is 0 Å². The monoisotopic (exact) mass is 402 g/mol. The van der Waals surface area contributed by atoms with Crippen LogP contribution in [0.4, 0.5) is 13.2 Å². The highest BCUT2D eigenvalue weighted by atomic mass is 19.4. The van der Waals surface area contributed by atoms with E-state index in [0.29, 0.717) is 18.3 Å². The van der Waals surface area contributed by atoms with Crippen molar-refractivity contribution in [1.82, 2.24) is 0 Å². The second-order valence-electron chi connectivity index (χ2n) is 9.69. The topological polar surface area (TPSA) is 9.23 Å². The molecule has 0 saturated heterocycles. The second-order valence-corrected chi connectivity index (χ2v) is 9.69. The van der Waals surface area contributed by atoms with E-state index >= 15 is 0 Å². The van der Waals surface area contributed by atoms with E-state index in [9.17, 15) is 13.2 Å². The maximum Gasteiger partial charge on any atom is 0.389 e. The first-order chi connectivity index (χ1) is 13.3. The van der Waals surface area contributed by atoms with Crippen LogP contribution in [0, 0.1) is 29.6 Å². The Balaban J connectivity index is 1.65. The molecule has 1 atom stereocenters. The molecule has 1 nitrogen and oxygen atoms in total. The molecule has 0 aromatic heterocycles. The highest BCUT2D eigenvalue weighted by molar-refractivity contribution is 4.93. The molecule has 2 aliphatic rings. The summed E-state index contributed by atoms with van der Waals surface area (Å²) in [5.74, 6) is 3.79. The molecule has 0 aliphatic heterocycles. The molecule has 28 heavy (non-hydrogen) atoms. The number of unbranched alkanes of at least 4 members (excludes halogenated alkanes) is 1. The van der Waals surface area contributed by atoms with Gasteiger partial charge in [-0.05, 0) is 87.9 Å². The normalized spacial score (nSPS) is 30.2. The quantitative estimate of drug-likeness (QED) is 0.266. The van der Waals surface area contributed by atoms with Crippen molar-refractivity contribution in [2.75, 3.05) is 13.7 Å². The Morgan fingerprint density at radius 2 is 1.54 bits per heavy atom. The summed E-state index contributed by atoms with van der Waals surface area (Å²) in [7, 11) is 1.80. The number of halogens is 3. The van der Waals surface area contributed by atoms with Crippen molar-refractivity contribution < 1.29 is 17.9 Å². The van der Waals surface area contributed by atoms with Gasteiger partial charge in [-0.1, -0.05) is 31.3 Å². The molecular formula is C24H41F3O. The Kier molecular flexibility index (Phi) is 9.86. The van der Waals surface area contributed by atoms with Crippen LogP contribution in [0.25, 0.3) is 0 Å². The third-order valence-corrected chi connectivity index (χ3v) is 7.36. The first-order valence-electron chi connectivity index (χ1n) is 11.5. The molecule has 2 fully saturated rings. The Morgan fingerprint density at radius 3 is 2.04 bits per heavy atom. The number of ether oxygens (including phenoxy) is 1. The number of methoxy groups -OCH3 is 1. The van der Waals surface area contributed by atoms with Crippen LogP contribution in [0.3, 0.4) is 0 Å². The summed E-state index contributed by atoms with van der Waals surface area (Å²) in [4.78, 5) is 0. The zero-order valence-electron chi connectivity index (χ0n) is 18.0. The van der Waals surface area contributed by atoms with Crippen LogP contribution < -0.4 is 0 Å². The third-order valence-electron chi connectivity index (χ3n) is 7.36. The van der Waals surface area contributed by atoms with Crippen molar-refractivity contribution in [1.29, 1.82) is 0 Å². The average molecular weight is 403 g/mol. The van der Waals surface area contributed by atoms with Crippen molar-refractivity contribution in [3.8, 4) is 0 Å². The molecule has 0 N–H and O–H groups in total. The highest BCUT2D eigenvalue weighted by Crippen LogP contribution is 2.44. The minimum absolute atomic E-state index is 0.306. The van der Waals surface area contributed by atoms with E-state index in [4.69, 9.17) is 4.74 Å². The van der Waals surface area contributed by atoms with Crippen molar-refractivity contribution in [2.45, 2.75) is 96.6 Å². The fourth-order valence-corrected chi connectivity index (χ4v) is 5.82. The Bertz CT molecular complexity index is 443. The van der Waals surface area contributed by atoms with Gasteiger partial charge in [0.15, 0.2) is 0 Å². The van der Waals surface area contributed by atoms with Crippen molar-refractivity contribution in [3.63, 3.8) is 0 Å². The predicted molar refractivity (Wildman–Crippen MR) is 110 cm³/mol. The molecule has 0 aromatic rings. The van der Waals surface area contributed by atoms with Gasteiger partial charge in [0.05, 0.1) is 0 Å². The van der Waals surface area contributed by atoms with Gasteiger partial charge in [0.1, 0.15) is 0 Å². The molecule has 0 radical (unpaired) electrons. The third kappa shape index (κ3) is 8.47. The molecule has 1 unspecified atom stereocenters. The number of allylic oxidation sites excluding steroid dienone is 1. The van der Waals surface area contributed by atoms with Crippen molar-refractivity contribution in [2.24, 2.45) is 29.6 Å². The van der Waals surface area contributed by atoms with E-state index in [1.165, 1.54) is 56.9 Å². The van der Waals surface area contributed by atoms with Crippen molar-refractivity contribution in [3.05, 3.63) is 12.2 Å². The maximum absolute atomic E-state index is 12.2. The van der Waals surface area contributed by atoms with Crippen LogP contribution in [-0.2, 0) is 4.74 Å². The largest absolute Gasteiger partial charge is 0.389 e. The molecule has 2 rings (SSSR count). The molecule has 164 valence electrons. The van der Waals surface area contributed by atoms with Gasteiger partial charge in [-0.25, -0.2) is 0 Å². The number of hydrogen-bond acceptors (Lipinski definition) is 1. The minimum Gasteiger partial charge on any atom is -0.384 e. The van der Waals surface area contributed by atoms with Gasteiger partial charge >= 0.3 is 6.18 Å². The summed E-state index contributed by atoms with van der Waals surface area (Å²) in [5.41, 5.74) is 1.26. The molecule has 4 heteroatoms. The molecular weight excluding hydrogens is 361 g/mol. The van der Waals surface area contributed by atoms with Crippen LogP contribution in [0.1, 0.15) is 90.4 Å². The minimum atomic E-state index is -3.98. The van der Waals surface area contributed by atoms with Crippen LogP contribution in [0.2, 0.25) is 0 Å². The molecule has 2 aliphatic carbocycles. The molecule has 0 amide bonds. The van der Waals surface area contributed by atoms with E-state index in [2.05, 4.69) is 13.5 Å². The fraction of sp³-hybridized carbons (Fsp3) is 0.917. The lowest BCUT2D eigenvalue weighted by molar-refractivity contribution is -0.135. The first kappa shape index (κ1) is 23.8. The van der Waals surface area contributed by atoms with E-state index in [1.54, 1.807) is 7.11 Å². The second kappa shape index (κ2) is 11.6. The number of alkyl halides is 3. The molecule has 0 spiro atoms. The van der Waals surface area contributed by atoms with Gasteiger partial charge in [0.2, 0.25) is 0 Å². The zero-order chi connectivity index (χ0) is 20.6. The Morgan fingerprint density at radius 1 is 0.964 bits per heavy atom. The van der Waals surface area contributed by atoms with E-state index in [0.717, 1.165) is 43.6 Å². The van der Waals surface area contributed by atoms with Gasteiger partial charge < -0.3 is 4.74 Å². The Labute approximate surface area is 170 Å². The van der Waals surface area contributed by atoms with E-state index in [-0.39, 0.29) is 0 Å². The molecule has 0 bridgehead atoms. The smallest absolute Gasteiger partial charge is 0.384 e. The maximum atomic E-state index is 12.2. The SMILES string of the molecule is C=C(C)CC(COC)C1CCC(C2CCC(CCCCC(F)(F)F)CC2)CC1. The summed E-state index contributed by atoms with van der Waals surface area (Å²) < 4.78 is 42.2. The predicted octanol–water partition coefficient (Wildman–Crippen LogP) is 7.95. The standard InChI is InChI=1S/C24H41F3O/c1-18(2)16-23(17-28-3)22-13-11-21(12-14-22)20-9-7-19(8-10-20)6-4-5-15-24(25,26)27/h19-23H,1,4-17H2,2-3H3.